The molecular weight excluding hydrogens is 314 g/mol. The fraction of sp³-hybridized carbons (Fsp3) is 0.500. The lowest BCUT2D eigenvalue weighted by Crippen LogP contribution is -2.57. The highest BCUT2D eigenvalue weighted by Crippen LogP contribution is 2.41. The molecule has 2 aromatic rings. The molecule has 5 heteroatoms. The maximum absolute atomic E-state index is 6.14. The second kappa shape index (κ2) is 7.50. The summed E-state index contributed by atoms with van der Waals surface area (Å²) < 4.78 is 12.3. The molecule has 5 nitrogen and oxygen atoms in total. The number of piperidine rings is 1. The zero-order chi connectivity index (χ0) is 17.0. The Morgan fingerprint density at radius 1 is 1.20 bits per heavy atom. The van der Waals surface area contributed by atoms with Gasteiger partial charge in [0.2, 0.25) is 0 Å². The van der Waals surface area contributed by atoms with Crippen molar-refractivity contribution >= 4 is 0 Å². The minimum atomic E-state index is 0.0688. The minimum Gasteiger partial charge on any atom is -0.491 e. The van der Waals surface area contributed by atoms with Crippen LogP contribution in [0, 0.1) is 5.41 Å². The monoisotopic (exact) mass is 339 g/mol. The van der Waals surface area contributed by atoms with Crippen molar-refractivity contribution in [3.8, 4) is 5.75 Å². The van der Waals surface area contributed by atoms with Gasteiger partial charge >= 0.3 is 0 Å². The number of aromatic nitrogens is 2. The molecule has 25 heavy (non-hydrogen) atoms. The number of nitrogens with zero attached hydrogens (tertiary/aromatic N) is 3. The average Bonchev–Trinajstić information content (AvgIpc) is 2.68. The Bertz CT molecular complexity index is 667. The van der Waals surface area contributed by atoms with Crippen molar-refractivity contribution in [3.63, 3.8) is 0 Å². The number of hydrogen-bond donors (Lipinski definition) is 0. The summed E-state index contributed by atoms with van der Waals surface area (Å²) in [6.45, 7) is 4.62. The van der Waals surface area contributed by atoms with Gasteiger partial charge in [-0.3, -0.25) is 14.9 Å². The number of likely N-dealkylation sites (tertiary alicyclic amines) is 1. The zero-order valence-electron chi connectivity index (χ0n) is 14.5. The molecular formula is C20H25N3O2. The van der Waals surface area contributed by atoms with Crippen molar-refractivity contribution in [1.82, 2.24) is 14.9 Å². The summed E-state index contributed by atoms with van der Waals surface area (Å²) in [6.07, 6.45) is 10.9. The predicted octanol–water partition coefficient (Wildman–Crippen LogP) is 2.93. The number of rotatable bonds is 5. The van der Waals surface area contributed by atoms with Crippen molar-refractivity contribution in [3.05, 3.63) is 54.6 Å². The van der Waals surface area contributed by atoms with Crippen molar-refractivity contribution < 1.29 is 9.47 Å². The van der Waals surface area contributed by atoms with E-state index in [1.54, 1.807) is 12.4 Å². The average molecular weight is 339 g/mol. The van der Waals surface area contributed by atoms with Crippen molar-refractivity contribution in [2.45, 2.75) is 31.9 Å². The van der Waals surface area contributed by atoms with Crippen LogP contribution in [0.2, 0.25) is 0 Å². The fourth-order valence-electron chi connectivity index (χ4n) is 4.13. The summed E-state index contributed by atoms with van der Waals surface area (Å²) in [5.41, 5.74) is 1.38. The molecule has 132 valence electrons. The van der Waals surface area contributed by atoms with E-state index in [-0.39, 0.29) is 5.41 Å². The molecule has 4 heterocycles. The molecule has 2 aromatic heterocycles. The maximum atomic E-state index is 6.14. The molecule has 0 bridgehead atoms. The summed E-state index contributed by atoms with van der Waals surface area (Å²) in [4.78, 5) is 10.8. The third-order valence-electron chi connectivity index (χ3n) is 5.38. The Morgan fingerprint density at radius 3 is 2.96 bits per heavy atom. The first-order chi connectivity index (χ1) is 12.3. The number of hydrogen-bond acceptors (Lipinski definition) is 5. The molecule has 4 rings (SSSR count). The molecule has 2 aliphatic heterocycles. The first-order valence-corrected chi connectivity index (χ1v) is 9.10. The second-order valence-electron chi connectivity index (χ2n) is 7.16. The molecule has 0 spiro atoms. The van der Waals surface area contributed by atoms with E-state index >= 15 is 0 Å². The topological polar surface area (TPSA) is 47.5 Å². The van der Waals surface area contributed by atoms with E-state index in [2.05, 4.69) is 27.0 Å². The van der Waals surface area contributed by atoms with E-state index in [1.807, 2.05) is 24.5 Å². The molecule has 2 atom stereocenters. The maximum Gasteiger partial charge on any atom is 0.137 e. The Morgan fingerprint density at radius 2 is 2.12 bits per heavy atom. The van der Waals surface area contributed by atoms with Crippen molar-refractivity contribution in [2.24, 2.45) is 5.41 Å². The summed E-state index contributed by atoms with van der Waals surface area (Å²) in [6, 6.07) is 8.09. The summed E-state index contributed by atoms with van der Waals surface area (Å²) in [7, 11) is 0. The summed E-state index contributed by atoms with van der Waals surface area (Å²) in [5.74, 6) is 0.840. The quantitative estimate of drug-likeness (QED) is 0.838. The molecule has 0 unspecified atom stereocenters. The van der Waals surface area contributed by atoms with E-state index in [0.29, 0.717) is 12.7 Å². The highest BCUT2D eigenvalue weighted by molar-refractivity contribution is 5.16. The minimum absolute atomic E-state index is 0.0688. The molecule has 0 aliphatic carbocycles. The first kappa shape index (κ1) is 16.5. The molecule has 2 aliphatic rings. The van der Waals surface area contributed by atoms with E-state index in [4.69, 9.17) is 9.47 Å². The van der Waals surface area contributed by atoms with Crippen LogP contribution in [-0.2, 0) is 11.3 Å². The first-order valence-electron chi connectivity index (χ1n) is 9.10. The van der Waals surface area contributed by atoms with Gasteiger partial charge in [0.05, 0.1) is 18.9 Å². The summed E-state index contributed by atoms with van der Waals surface area (Å²) in [5, 5.41) is 0. The van der Waals surface area contributed by atoms with Crippen LogP contribution in [0.3, 0.4) is 0 Å². The molecule has 0 aromatic carbocycles. The molecule has 2 saturated heterocycles. The van der Waals surface area contributed by atoms with Gasteiger partial charge in [-0.2, -0.15) is 0 Å². The highest BCUT2D eigenvalue weighted by atomic mass is 16.5. The van der Waals surface area contributed by atoms with Crippen LogP contribution < -0.4 is 4.74 Å². The molecule has 0 radical (unpaired) electrons. The SMILES string of the molecule is c1cncc(OC[C@]23CCCO[C@H]2CCN(Cc2ccncc2)C3)c1. The third kappa shape index (κ3) is 3.83. The molecule has 2 fully saturated rings. The van der Waals surface area contributed by atoms with Gasteiger partial charge in [-0.25, -0.2) is 0 Å². The Labute approximate surface area is 149 Å². The lowest BCUT2D eigenvalue weighted by Gasteiger charge is -2.50. The molecule has 0 saturated carbocycles. The van der Waals surface area contributed by atoms with Gasteiger partial charge in [-0.05, 0) is 49.1 Å². The van der Waals surface area contributed by atoms with Crippen LogP contribution in [-0.4, -0.2) is 47.3 Å². The number of fused-ring (bicyclic) bond motifs is 1. The van der Waals surface area contributed by atoms with E-state index in [9.17, 15) is 0 Å². The van der Waals surface area contributed by atoms with Crippen molar-refractivity contribution in [2.75, 3.05) is 26.3 Å². The number of pyridine rings is 2. The Kier molecular flexibility index (Phi) is 4.95. The van der Waals surface area contributed by atoms with Gasteiger partial charge in [0.25, 0.3) is 0 Å². The van der Waals surface area contributed by atoms with Crippen LogP contribution in [0.15, 0.2) is 49.1 Å². The van der Waals surface area contributed by atoms with Gasteiger partial charge < -0.3 is 9.47 Å². The van der Waals surface area contributed by atoms with Crippen LogP contribution >= 0.6 is 0 Å². The van der Waals surface area contributed by atoms with E-state index < -0.39 is 0 Å². The van der Waals surface area contributed by atoms with Gasteiger partial charge in [0.1, 0.15) is 5.75 Å². The molecule has 0 amide bonds. The standard InChI is InChI=1S/C20H25N3O2/c1-3-18(13-22-8-1)25-16-20-7-2-12-24-19(20)6-11-23(15-20)14-17-4-9-21-10-5-17/h1,3-5,8-10,13,19H,2,6-7,11-12,14-16H2/t19-,20+/m0/s1. The van der Waals surface area contributed by atoms with Gasteiger partial charge in [-0.15, -0.1) is 0 Å². The van der Waals surface area contributed by atoms with Crippen LogP contribution in [0.25, 0.3) is 0 Å². The fourth-order valence-corrected chi connectivity index (χ4v) is 4.13. The normalized spacial score (nSPS) is 26.8. The van der Waals surface area contributed by atoms with Gasteiger partial charge in [-0.1, -0.05) is 0 Å². The third-order valence-corrected chi connectivity index (χ3v) is 5.38. The van der Waals surface area contributed by atoms with Gasteiger partial charge in [0, 0.05) is 50.2 Å². The van der Waals surface area contributed by atoms with Crippen LogP contribution in [0.4, 0.5) is 0 Å². The Balaban J connectivity index is 1.47. The lowest BCUT2D eigenvalue weighted by molar-refractivity contribution is -0.140. The largest absolute Gasteiger partial charge is 0.491 e. The predicted molar refractivity (Wildman–Crippen MR) is 95.3 cm³/mol. The second-order valence-corrected chi connectivity index (χ2v) is 7.16. The van der Waals surface area contributed by atoms with Crippen molar-refractivity contribution in [1.29, 1.82) is 0 Å². The van der Waals surface area contributed by atoms with Crippen LogP contribution in [0.1, 0.15) is 24.8 Å². The van der Waals surface area contributed by atoms with E-state index in [1.165, 1.54) is 5.56 Å². The number of ether oxygens (including phenoxy) is 2. The van der Waals surface area contributed by atoms with Crippen LogP contribution in [0.5, 0.6) is 5.75 Å². The highest BCUT2D eigenvalue weighted by Gasteiger charge is 2.46. The smallest absolute Gasteiger partial charge is 0.137 e. The van der Waals surface area contributed by atoms with E-state index in [0.717, 1.165) is 51.3 Å². The molecule has 0 N–H and O–H groups in total. The Hall–Kier alpha value is -1.98. The zero-order valence-corrected chi connectivity index (χ0v) is 14.5. The lowest BCUT2D eigenvalue weighted by atomic mass is 9.73. The summed E-state index contributed by atoms with van der Waals surface area (Å²) >= 11 is 0. The van der Waals surface area contributed by atoms with Gasteiger partial charge in [0.15, 0.2) is 0 Å².